The van der Waals surface area contributed by atoms with Crippen molar-refractivity contribution in [3.05, 3.63) is 41.6 Å². The van der Waals surface area contributed by atoms with Crippen LogP contribution in [0.15, 0.2) is 30.5 Å². The van der Waals surface area contributed by atoms with E-state index in [1.165, 1.54) is 17.4 Å². The molecule has 0 unspecified atom stereocenters. The first-order valence-corrected chi connectivity index (χ1v) is 16.7. The number of carbonyl (C=O) groups excluding carboxylic acids is 3. The number of H-pyrrole nitrogens is 1. The number of fused-ring (bicyclic) bond motifs is 5. The molecule has 0 bridgehead atoms. The van der Waals surface area contributed by atoms with Gasteiger partial charge in [-0.25, -0.2) is 9.09 Å². The fourth-order valence-corrected chi connectivity index (χ4v) is 8.61. The molecule has 14 heteroatoms. The van der Waals surface area contributed by atoms with Crippen molar-refractivity contribution in [3.63, 3.8) is 0 Å². The Morgan fingerprint density at radius 2 is 2.07 bits per heavy atom. The van der Waals surface area contributed by atoms with Crippen molar-refractivity contribution in [2.24, 2.45) is 11.8 Å². The molecule has 0 saturated carbocycles. The molecule has 6 atom stereocenters. The maximum atomic E-state index is 14.3. The molecule has 13 nitrogen and oxygen atoms in total. The van der Waals surface area contributed by atoms with Crippen LogP contribution in [0.2, 0.25) is 0 Å². The van der Waals surface area contributed by atoms with Crippen LogP contribution in [0.3, 0.4) is 0 Å². The maximum Gasteiger partial charge on any atom is 0.473 e. The first-order valence-electron chi connectivity index (χ1n) is 15.2. The average Bonchev–Trinajstić information content (AvgIpc) is 3.64. The van der Waals surface area contributed by atoms with Gasteiger partial charge in [-0.05, 0) is 68.3 Å². The standard InChI is InChI=1S/C30H38N5O8P/c1-16(2)11-23-27(37)34-10-6-9-24(34)30(43-44(39,40)41)35(23)28(38)29(3,42-30)32-26(36)18-12-20-19-7-5-8-21-25(19)17(14-31-21)13-22(20)33(4)15-18/h5,7-8,12,14,16,18,22-24,31H,6,9-11,13,15H2,1-4H3,(H,32,36)(H2,39,40,41)/t18-,22-,23+,24+,29-,30-/m1/s1. The molecule has 0 radical (unpaired) electrons. The van der Waals surface area contributed by atoms with Gasteiger partial charge in [-0.2, -0.15) is 0 Å². The van der Waals surface area contributed by atoms with Crippen LogP contribution in [0.1, 0.15) is 51.2 Å². The predicted octanol–water partition coefficient (Wildman–Crippen LogP) is 1.91. The summed E-state index contributed by atoms with van der Waals surface area (Å²) in [4.78, 5) is 70.0. The van der Waals surface area contributed by atoms with Gasteiger partial charge >= 0.3 is 7.82 Å². The SMILES string of the molecule is CC(C)C[C@H]1C(=O)N2CCC[C@H]2[C@]2(OP(=O)(O)O)O[C@@](C)(NC(=O)[C@@H]3C=C4c5cccc6[nH]cc(c56)C[C@H]4N(C)C3)C(=O)N12. The molecule has 1 aromatic carbocycles. The molecule has 5 aliphatic rings. The molecule has 3 fully saturated rings. The summed E-state index contributed by atoms with van der Waals surface area (Å²) in [6.07, 6.45) is 5.86. The lowest BCUT2D eigenvalue weighted by Crippen LogP contribution is -2.71. The molecule has 4 aliphatic heterocycles. The maximum absolute atomic E-state index is 14.3. The number of phosphoric ester groups is 1. The highest BCUT2D eigenvalue weighted by Crippen LogP contribution is 2.55. The van der Waals surface area contributed by atoms with Gasteiger partial charge in [0.15, 0.2) is 0 Å². The molecule has 3 amide bonds. The summed E-state index contributed by atoms with van der Waals surface area (Å²) in [7, 11) is -3.27. The number of ether oxygens (including phenoxy) is 1. The van der Waals surface area contributed by atoms with Gasteiger partial charge in [0, 0.05) is 36.2 Å². The number of nitrogens with zero attached hydrogens (tertiary/aromatic N) is 3. The number of hydrogen-bond acceptors (Lipinski definition) is 7. The zero-order valence-corrected chi connectivity index (χ0v) is 26.0. The Morgan fingerprint density at radius 3 is 2.80 bits per heavy atom. The van der Waals surface area contributed by atoms with Crippen LogP contribution in [0.25, 0.3) is 16.5 Å². The number of hydrogen-bond donors (Lipinski definition) is 4. The third-order valence-corrected chi connectivity index (χ3v) is 10.3. The number of aromatic amines is 1. The molecule has 5 heterocycles. The average molecular weight is 628 g/mol. The highest BCUT2D eigenvalue weighted by atomic mass is 31.2. The van der Waals surface area contributed by atoms with E-state index < -0.39 is 49.3 Å². The summed E-state index contributed by atoms with van der Waals surface area (Å²) in [6.45, 7) is 5.87. The van der Waals surface area contributed by atoms with E-state index in [1.807, 2.05) is 45.3 Å². The summed E-state index contributed by atoms with van der Waals surface area (Å²) in [5, 5.41) is 3.91. The van der Waals surface area contributed by atoms with E-state index in [4.69, 9.17) is 9.26 Å². The Hall–Kier alpha value is -3.06. The van der Waals surface area contributed by atoms with Gasteiger partial charge < -0.3 is 25.0 Å². The third kappa shape index (κ3) is 4.39. The smallest absolute Gasteiger partial charge is 0.361 e. The minimum atomic E-state index is -5.24. The van der Waals surface area contributed by atoms with Gasteiger partial charge in [0.2, 0.25) is 17.5 Å². The number of benzene rings is 1. The lowest BCUT2D eigenvalue weighted by Gasteiger charge is -2.51. The molecule has 4 N–H and O–H groups in total. The van der Waals surface area contributed by atoms with E-state index in [9.17, 15) is 28.7 Å². The number of aromatic nitrogens is 1. The van der Waals surface area contributed by atoms with Gasteiger partial charge in [-0.1, -0.05) is 32.1 Å². The summed E-state index contributed by atoms with van der Waals surface area (Å²) in [5.41, 5.74) is 2.30. The Bertz CT molecular complexity index is 1650. The zero-order valence-electron chi connectivity index (χ0n) is 25.1. The minimum Gasteiger partial charge on any atom is -0.361 e. The number of piperazine rings is 1. The first kappa shape index (κ1) is 29.6. The summed E-state index contributed by atoms with van der Waals surface area (Å²) < 4.78 is 24.0. The predicted molar refractivity (Wildman–Crippen MR) is 158 cm³/mol. The molecule has 2 aromatic rings. The highest BCUT2D eigenvalue weighted by Gasteiger charge is 2.72. The van der Waals surface area contributed by atoms with Crippen LogP contribution in [0.4, 0.5) is 0 Å². The van der Waals surface area contributed by atoms with E-state index in [1.54, 1.807) is 0 Å². The zero-order chi connectivity index (χ0) is 31.3. The van der Waals surface area contributed by atoms with Crippen molar-refractivity contribution < 1.29 is 38.0 Å². The number of carbonyl (C=O) groups is 3. The van der Waals surface area contributed by atoms with Gasteiger partial charge in [0.25, 0.3) is 11.8 Å². The fourth-order valence-electron chi connectivity index (χ4n) is 8.02. The van der Waals surface area contributed by atoms with Crippen LogP contribution in [-0.4, -0.2) is 97.1 Å². The van der Waals surface area contributed by atoms with E-state index in [0.717, 1.165) is 33.4 Å². The van der Waals surface area contributed by atoms with E-state index in [0.29, 0.717) is 25.9 Å². The topological polar surface area (TPSA) is 165 Å². The van der Waals surface area contributed by atoms with Gasteiger partial charge in [0.1, 0.15) is 12.1 Å². The Kier molecular flexibility index (Phi) is 6.72. The monoisotopic (exact) mass is 627 g/mol. The number of rotatable bonds is 6. The van der Waals surface area contributed by atoms with Crippen LogP contribution >= 0.6 is 7.82 Å². The normalized spacial score (nSPS) is 33.5. The second kappa shape index (κ2) is 9.97. The number of phosphoric acid groups is 1. The van der Waals surface area contributed by atoms with Crippen LogP contribution in [0, 0.1) is 11.8 Å². The molecule has 1 aliphatic carbocycles. The lowest BCUT2D eigenvalue weighted by atomic mass is 9.79. The van der Waals surface area contributed by atoms with E-state index >= 15 is 0 Å². The van der Waals surface area contributed by atoms with Crippen LogP contribution in [0.5, 0.6) is 0 Å². The second-order valence-corrected chi connectivity index (χ2v) is 14.4. The fraction of sp³-hybridized carbons (Fsp3) is 0.567. The van der Waals surface area contributed by atoms with E-state index in [-0.39, 0.29) is 24.3 Å². The Balaban J connectivity index is 1.25. The number of nitrogens with one attached hydrogen (secondary N) is 2. The summed E-state index contributed by atoms with van der Waals surface area (Å²) in [5.74, 6) is -4.53. The molecular weight excluding hydrogens is 589 g/mol. The molecule has 0 spiro atoms. The molecule has 236 valence electrons. The third-order valence-electron chi connectivity index (χ3n) is 9.78. The van der Waals surface area contributed by atoms with Crippen molar-refractivity contribution in [1.29, 1.82) is 0 Å². The van der Waals surface area contributed by atoms with Gasteiger partial charge in [0.05, 0.1) is 5.92 Å². The highest BCUT2D eigenvalue weighted by molar-refractivity contribution is 7.46. The van der Waals surface area contributed by atoms with Crippen LogP contribution < -0.4 is 5.32 Å². The number of amides is 3. The van der Waals surface area contributed by atoms with Crippen molar-refractivity contribution in [2.75, 3.05) is 20.1 Å². The lowest BCUT2D eigenvalue weighted by molar-refractivity contribution is -0.305. The van der Waals surface area contributed by atoms with Crippen molar-refractivity contribution in [3.8, 4) is 0 Å². The van der Waals surface area contributed by atoms with Crippen molar-refractivity contribution in [1.82, 2.24) is 25.0 Å². The van der Waals surface area contributed by atoms with Gasteiger partial charge in [-0.15, -0.1) is 0 Å². The van der Waals surface area contributed by atoms with Crippen LogP contribution in [-0.2, 0) is 34.6 Å². The van der Waals surface area contributed by atoms with Crippen molar-refractivity contribution >= 4 is 42.0 Å². The second-order valence-electron chi connectivity index (χ2n) is 13.3. The molecule has 3 saturated heterocycles. The number of likely N-dealkylation sites (N-methyl/N-ethyl adjacent to an activating group) is 1. The Morgan fingerprint density at radius 1 is 1.30 bits per heavy atom. The first-order chi connectivity index (χ1) is 20.7. The molecular formula is C30H38N5O8P. The molecule has 1 aromatic heterocycles. The summed E-state index contributed by atoms with van der Waals surface area (Å²) in [6, 6.07) is 4.11. The Labute approximate surface area is 254 Å². The van der Waals surface area contributed by atoms with E-state index in [2.05, 4.69) is 21.3 Å². The minimum absolute atomic E-state index is 0.0389. The van der Waals surface area contributed by atoms with Gasteiger partial charge in [-0.3, -0.25) is 28.9 Å². The molecule has 44 heavy (non-hydrogen) atoms. The molecule has 7 rings (SSSR count). The largest absolute Gasteiger partial charge is 0.473 e. The van der Waals surface area contributed by atoms with Crippen molar-refractivity contribution in [2.45, 2.75) is 76.2 Å². The quantitative estimate of drug-likeness (QED) is 0.350. The summed E-state index contributed by atoms with van der Waals surface area (Å²) >= 11 is 0.